The number of hydrogen-bond donors (Lipinski definition) is 0. The molecule has 0 saturated carbocycles. The monoisotopic (exact) mass is 275 g/mol. The van der Waals surface area contributed by atoms with Crippen LogP contribution in [0.2, 0.25) is 0 Å². The lowest BCUT2D eigenvalue weighted by Crippen LogP contribution is -2.45. The number of ether oxygens (including phenoxy) is 1. The molecule has 1 aromatic carbocycles. The summed E-state index contributed by atoms with van der Waals surface area (Å²) < 4.78 is 5.23. The van der Waals surface area contributed by atoms with Crippen molar-refractivity contribution in [1.82, 2.24) is 4.90 Å². The normalized spacial score (nSPS) is 19.9. The highest BCUT2D eigenvalue weighted by atomic mass is 16.5. The van der Waals surface area contributed by atoms with Crippen molar-refractivity contribution < 1.29 is 14.3 Å². The van der Waals surface area contributed by atoms with Crippen molar-refractivity contribution in [2.45, 2.75) is 38.8 Å². The Labute approximate surface area is 119 Å². The van der Waals surface area contributed by atoms with Gasteiger partial charge in [-0.05, 0) is 12.0 Å². The predicted octanol–water partition coefficient (Wildman–Crippen LogP) is 2.17. The Morgan fingerprint density at radius 2 is 2.10 bits per heavy atom. The van der Waals surface area contributed by atoms with Gasteiger partial charge in [-0.15, -0.1) is 0 Å². The van der Waals surface area contributed by atoms with Crippen molar-refractivity contribution in [2.75, 3.05) is 13.1 Å². The van der Waals surface area contributed by atoms with Gasteiger partial charge in [0.2, 0.25) is 0 Å². The summed E-state index contributed by atoms with van der Waals surface area (Å²) in [6, 6.07) is 10.1. The number of nitrogens with zero attached hydrogens (tertiary/aromatic N) is 1. The molecule has 1 aliphatic rings. The molecule has 0 N–H and O–H groups in total. The molecule has 1 aromatic rings. The Morgan fingerprint density at radius 3 is 2.75 bits per heavy atom. The van der Waals surface area contributed by atoms with Gasteiger partial charge >= 0.3 is 5.97 Å². The second-order valence-electron chi connectivity index (χ2n) is 5.18. The van der Waals surface area contributed by atoms with E-state index in [9.17, 15) is 9.59 Å². The highest BCUT2D eigenvalue weighted by Crippen LogP contribution is 2.14. The summed E-state index contributed by atoms with van der Waals surface area (Å²) >= 11 is 0. The van der Waals surface area contributed by atoms with E-state index in [1.807, 2.05) is 25.1 Å². The lowest BCUT2D eigenvalue weighted by atomic mass is 10.1. The SMILES string of the molecule is CCCC(=O)OC1CCN(Cc2ccccc2)CC1=O. The van der Waals surface area contributed by atoms with Gasteiger partial charge < -0.3 is 4.74 Å². The average Bonchev–Trinajstić information content (AvgIpc) is 2.43. The fourth-order valence-electron chi connectivity index (χ4n) is 2.39. The smallest absolute Gasteiger partial charge is 0.306 e. The van der Waals surface area contributed by atoms with Crippen molar-refractivity contribution in [2.24, 2.45) is 0 Å². The molecule has 4 nitrogen and oxygen atoms in total. The highest BCUT2D eigenvalue weighted by Gasteiger charge is 2.29. The van der Waals surface area contributed by atoms with Crippen LogP contribution in [0.5, 0.6) is 0 Å². The van der Waals surface area contributed by atoms with E-state index in [4.69, 9.17) is 4.74 Å². The summed E-state index contributed by atoms with van der Waals surface area (Å²) in [5.74, 6) is -0.251. The molecule has 20 heavy (non-hydrogen) atoms. The summed E-state index contributed by atoms with van der Waals surface area (Å²) in [5.41, 5.74) is 1.20. The first-order valence-electron chi connectivity index (χ1n) is 7.17. The highest BCUT2D eigenvalue weighted by molar-refractivity contribution is 5.87. The summed E-state index contributed by atoms with van der Waals surface area (Å²) in [7, 11) is 0. The molecule has 1 unspecified atom stereocenters. The molecule has 0 bridgehead atoms. The molecule has 4 heteroatoms. The maximum absolute atomic E-state index is 12.0. The van der Waals surface area contributed by atoms with E-state index in [1.165, 1.54) is 5.56 Å². The quantitative estimate of drug-likeness (QED) is 0.773. The standard InChI is InChI=1S/C16H21NO3/c1-2-6-16(19)20-15-9-10-17(12-14(15)18)11-13-7-4-3-5-8-13/h3-5,7-8,15H,2,6,9-12H2,1H3. The lowest BCUT2D eigenvalue weighted by Gasteiger charge is -2.30. The van der Waals surface area contributed by atoms with E-state index in [0.717, 1.165) is 19.5 Å². The molecule has 0 radical (unpaired) electrons. The first-order chi connectivity index (χ1) is 9.69. The molecule has 0 aliphatic carbocycles. The topological polar surface area (TPSA) is 46.6 Å². The second-order valence-corrected chi connectivity index (χ2v) is 5.18. The first kappa shape index (κ1) is 14.7. The fourth-order valence-corrected chi connectivity index (χ4v) is 2.39. The van der Waals surface area contributed by atoms with Crippen LogP contribution in [-0.4, -0.2) is 35.8 Å². The largest absolute Gasteiger partial charge is 0.454 e. The molecule has 0 spiro atoms. The molecule has 0 amide bonds. The lowest BCUT2D eigenvalue weighted by molar-refractivity contribution is -0.158. The summed E-state index contributed by atoms with van der Waals surface area (Å²) in [4.78, 5) is 25.6. The third kappa shape index (κ3) is 4.17. The Hall–Kier alpha value is -1.68. The molecule has 1 saturated heterocycles. The van der Waals surface area contributed by atoms with Crippen LogP contribution in [0, 0.1) is 0 Å². The summed E-state index contributed by atoms with van der Waals surface area (Å²) in [5, 5.41) is 0. The molecule has 0 aromatic heterocycles. The number of ketones is 1. The molecule has 2 rings (SSSR count). The predicted molar refractivity (Wildman–Crippen MR) is 76.1 cm³/mol. The molecule has 1 heterocycles. The number of rotatable bonds is 5. The zero-order valence-electron chi connectivity index (χ0n) is 11.9. The van der Waals surface area contributed by atoms with Crippen molar-refractivity contribution >= 4 is 11.8 Å². The maximum atomic E-state index is 12.0. The molecule has 1 fully saturated rings. The van der Waals surface area contributed by atoms with Crippen LogP contribution < -0.4 is 0 Å². The number of likely N-dealkylation sites (tertiary alicyclic amines) is 1. The van der Waals surface area contributed by atoms with Crippen molar-refractivity contribution in [3.05, 3.63) is 35.9 Å². The number of benzene rings is 1. The first-order valence-corrected chi connectivity index (χ1v) is 7.17. The van der Waals surface area contributed by atoms with E-state index in [0.29, 0.717) is 19.4 Å². The van der Waals surface area contributed by atoms with Gasteiger partial charge in [0.15, 0.2) is 11.9 Å². The van der Waals surface area contributed by atoms with E-state index in [1.54, 1.807) is 0 Å². The summed E-state index contributed by atoms with van der Waals surface area (Å²) in [6.07, 6.45) is 1.19. The van der Waals surface area contributed by atoms with Crippen molar-refractivity contribution in [3.63, 3.8) is 0 Å². The zero-order chi connectivity index (χ0) is 14.4. The zero-order valence-corrected chi connectivity index (χ0v) is 11.9. The average molecular weight is 275 g/mol. The van der Waals surface area contributed by atoms with Gasteiger partial charge in [0.1, 0.15) is 0 Å². The van der Waals surface area contributed by atoms with Crippen LogP contribution in [0.3, 0.4) is 0 Å². The second kappa shape index (κ2) is 7.20. The number of esters is 1. The Morgan fingerprint density at radius 1 is 1.35 bits per heavy atom. The minimum Gasteiger partial charge on any atom is -0.454 e. The molecule has 1 aliphatic heterocycles. The maximum Gasteiger partial charge on any atom is 0.306 e. The Kier molecular flexibility index (Phi) is 5.30. The van der Waals surface area contributed by atoms with Gasteiger partial charge in [0.25, 0.3) is 0 Å². The molecule has 1 atom stereocenters. The van der Waals surface area contributed by atoms with Crippen molar-refractivity contribution in [1.29, 1.82) is 0 Å². The van der Waals surface area contributed by atoms with E-state index >= 15 is 0 Å². The van der Waals surface area contributed by atoms with E-state index in [2.05, 4.69) is 17.0 Å². The van der Waals surface area contributed by atoms with E-state index < -0.39 is 6.10 Å². The van der Waals surface area contributed by atoms with Crippen LogP contribution >= 0.6 is 0 Å². The number of hydrogen-bond acceptors (Lipinski definition) is 4. The van der Waals surface area contributed by atoms with Gasteiger partial charge in [0.05, 0.1) is 6.54 Å². The van der Waals surface area contributed by atoms with Crippen molar-refractivity contribution in [3.8, 4) is 0 Å². The van der Waals surface area contributed by atoms with E-state index in [-0.39, 0.29) is 11.8 Å². The number of piperidine rings is 1. The van der Waals surface area contributed by atoms with Gasteiger partial charge in [-0.2, -0.15) is 0 Å². The van der Waals surface area contributed by atoms with Crippen LogP contribution in [0.25, 0.3) is 0 Å². The molecular weight excluding hydrogens is 254 g/mol. The van der Waals surface area contributed by atoms with Gasteiger partial charge in [-0.3, -0.25) is 14.5 Å². The third-order valence-corrected chi connectivity index (χ3v) is 3.42. The van der Waals surface area contributed by atoms with Crippen LogP contribution in [-0.2, 0) is 20.9 Å². The summed E-state index contributed by atoms with van der Waals surface area (Å²) in [6.45, 7) is 3.83. The van der Waals surface area contributed by atoms with Gasteiger partial charge in [-0.25, -0.2) is 0 Å². The van der Waals surface area contributed by atoms with Crippen LogP contribution in [0.4, 0.5) is 0 Å². The van der Waals surface area contributed by atoms with Gasteiger partial charge in [-0.1, -0.05) is 37.3 Å². The van der Waals surface area contributed by atoms with Crippen LogP contribution in [0.15, 0.2) is 30.3 Å². The Balaban J connectivity index is 1.83. The molecule has 108 valence electrons. The minimum atomic E-state index is -0.541. The number of carbonyl (C=O) groups is 2. The minimum absolute atomic E-state index is 0.0108. The third-order valence-electron chi connectivity index (χ3n) is 3.42. The van der Waals surface area contributed by atoms with Crippen LogP contribution in [0.1, 0.15) is 31.7 Å². The fraction of sp³-hybridized carbons (Fsp3) is 0.500. The number of Topliss-reactive ketones (excluding diaryl/α,β-unsaturated/α-hetero) is 1. The Bertz CT molecular complexity index is 458. The number of carbonyl (C=O) groups excluding carboxylic acids is 2. The van der Waals surface area contributed by atoms with Gasteiger partial charge in [0, 0.05) is 25.9 Å². The molecular formula is C16H21NO3.